The van der Waals surface area contributed by atoms with Crippen molar-refractivity contribution >= 4 is 5.91 Å². The lowest BCUT2D eigenvalue weighted by molar-refractivity contribution is -0.128. The molecule has 0 bridgehead atoms. The molecule has 5 heteroatoms. The van der Waals surface area contributed by atoms with Crippen molar-refractivity contribution < 1.29 is 14.6 Å². The van der Waals surface area contributed by atoms with Crippen LogP contribution in [0.3, 0.4) is 0 Å². The first-order valence-corrected chi connectivity index (χ1v) is 6.00. The summed E-state index contributed by atoms with van der Waals surface area (Å²) >= 11 is 0. The van der Waals surface area contributed by atoms with Gasteiger partial charge in [-0.05, 0) is 12.8 Å². The molecule has 0 aromatic rings. The van der Waals surface area contributed by atoms with Gasteiger partial charge in [0.15, 0.2) is 0 Å². The van der Waals surface area contributed by atoms with Crippen molar-refractivity contribution in [2.24, 2.45) is 0 Å². The average Bonchev–Trinajstić information content (AvgIpc) is 2.79. The summed E-state index contributed by atoms with van der Waals surface area (Å²) in [5.41, 5.74) is -0.379. The smallest absolute Gasteiger partial charge is 0.240 e. The van der Waals surface area contributed by atoms with Gasteiger partial charge in [0.25, 0.3) is 0 Å². The highest BCUT2D eigenvalue weighted by Crippen LogP contribution is 2.29. The van der Waals surface area contributed by atoms with E-state index in [-0.39, 0.29) is 24.1 Å². The normalized spacial score (nSPS) is 28.9. The van der Waals surface area contributed by atoms with Crippen molar-refractivity contribution in [1.82, 2.24) is 10.6 Å². The van der Waals surface area contributed by atoms with Crippen molar-refractivity contribution in [1.29, 1.82) is 0 Å². The number of nitrogens with one attached hydrogen (secondary N) is 2. The number of carbonyl (C=O) groups excluding carboxylic acids is 1. The molecule has 1 amide bonds. The number of aliphatic hydroxyl groups is 1. The molecule has 2 aliphatic rings. The molecular formula is C11H20N2O3. The Morgan fingerprint density at radius 2 is 2.25 bits per heavy atom. The lowest BCUT2D eigenvalue weighted by Gasteiger charge is -2.31. The molecule has 92 valence electrons. The van der Waals surface area contributed by atoms with Gasteiger partial charge >= 0.3 is 0 Å². The van der Waals surface area contributed by atoms with Crippen molar-refractivity contribution in [2.75, 3.05) is 26.4 Å². The van der Waals surface area contributed by atoms with Crippen LogP contribution in [0.25, 0.3) is 0 Å². The van der Waals surface area contributed by atoms with E-state index in [0.717, 1.165) is 25.7 Å². The number of hydrogen-bond donors (Lipinski definition) is 3. The Balaban J connectivity index is 1.89. The summed E-state index contributed by atoms with van der Waals surface area (Å²) in [5.74, 6) is -0.0457. The van der Waals surface area contributed by atoms with Crippen LogP contribution in [0.2, 0.25) is 0 Å². The highest BCUT2D eigenvalue weighted by atomic mass is 16.5. The van der Waals surface area contributed by atoms with E-state index < -0.39 is 0 Å². The summed E-state index contributed by atoms with van der Waals surface area (Å²) < 4.78 is 5.25. The number of amides is 1. The van der Waals surface area contributed by atoms with Gasteiger partial charge in [-0.1, -0.05) is 12.8 Å². The molecule has 1 atom stereocenters. The number of carbonyl (C=O) groups is 1. The number of morpholine rings is 1. The van der Waals surface area contributed by atoms with Crippen LogP contribution in [-0.4, -0.2) is 49.0 Å². The molecule has 1 saturated carbocycles. The molecule has 2 rings (SSSR count). The van der Waals surface area contributed by atoms with E-state index in [4.69, 9.17) is 4.74 Å². The zero-order valence-corrected chi connectivity index (χ0v) is 9.50. The van der Waals surface area contributed by atoms with Gasteiger partial charge in [-0.25, -0.2) is 0 Å². The van der Waals surface area contributed by atoms with E-state index in [2.05, 4.69) is 10.6 Å². The summed E-state index contributed by atoms with van der Waals surface area (Å²) in [6.07, 6.45) is 3.91. The van der Waals surface area contributed by atoms with Crippen LogP contribution in [-0.2, 0) is 9.53 Å². The number of rotatable bonds is 3. The quantitative estimate of drug-likeness (QED) is 0.603. The number of aliphatic hydroxyl groups excluding tert-OH is 1. The fourth-order valence-corrected chi connectivity index (χ4v) is 2.46. The van der Waals surface area contributed by atoms with Crippen molar-refractivity contribution in [3.63, 3.8) is 0 Å². The van der Waals surface area contributed by atoms with Gasteiger partial charge in [0.2, 0.25) is 5.91 Å². The second kappa shape index (κ2) is 5.12. The Morgan fingerprint density at radius 1 is 1.50 bits per heavy atom. The molecule has 0 aromatic carbocycles. The summed E-state index contributed by atoms with van der Waals surface area (Å²) in [7, 11) is 0. The van der Waals surface area contributed by atoms with Gasteiger partial charge < -0.3 is 20.5 Å². The second-order valence-electron chi connectivity index (χ2n) is 4.72. The summed E-state index contributed by atoms with van der Waals surface area (Å²) in [6, 6.07) is -0.266. The minimum atomic E-state index is -0.379. The van der Waals surface area contributed by atoms with Crippen LogP contribution in [0.4, 0.5) is 0 Å². The molecule has 0 radical (unpaired) electrons. The van der Waals surface area contributed by atoms with Crippen LogP contribution in [0.1, 0.15) is 25.7 Å². The second-order valence-corrected chi connectivity index (χ2v) is 4.72. The van der Waals surface area contributed by atoms with E-state index in [1.54, 1.807) is 0 Å². The minimum Gasteiger partial charge on any atom is -0.394 e. The predicted octanol–water partition coefficient (Wildman–Crippen LogP) is -0.604. The zero-order valence-electron chi connectivity index (χ0n) is 9.50. The SMILES string of the molecule is O=C(NC1(CO)CCCC1)C1COCCN1. The third-order valence-electron chi connectivity index (χ3n) is 3.49. The molecule has 5 nitrogen and oxygen atoms in total. The Bertz CT molecular complexity index is 246. The first-order chi connectivity index (χ1) is 7.76. The monoisotopic (exact) mass is 228 g/mol. The zero-order chi connectivity index (χ0) is 11.4. The van der Waals surface area contributed by atoms with E-state index >= 15 is 0 Å². The Kier molecular flexibility index (Phi) is 3.78. The molecule has 16 heavy (non-hydrogen) atoms. The summed E-state index contributed by atoms with van der Waals surface area (Å²) in [6.45, 7) is 1.83. The third kappa shape index (κ3) is 2.53. The van der Waals surface area contributed by atoms with Crippen LogP contribution < -0.4 is 10.6 Å². The van der Waals surface area contributed by atoms with E-state index in [9.17, 15) is 9.90 Å². The lowest BCUT2D eigenvalue weighted by atomic mass is 9.98. The highest BCUT2D eigenvalue weighted by Gasteiger charge is 2.36. The maximum absolute atomic E-state index is 12.0. The number of ether oxygens (including phenoxy) is 1. The average molecular weight is 228 g/mol. The highest BCUT2D eigenvalue weighted by molar-refractivity contribution is 5.82. The van der Waals surface area contributed by atoms with Gasteiger partial charge in [-0.3, -0.25) is 4.79 Å². The molecule has 1 saturated heterocycles. The predicted molar refractivity (Wildman–Crippen MR) is 59.0 cm³/mol. The first kappa shape index (κ1) is 11.8. The van der Waals surface area contributed by atoms with Crippen LogP contribution in [0.5, 0.6) is 0 Å². The van der Waals surface area contributed by atoms with Gasteiger partial charge in [0.05, 0.1) is 25.4 Å². The van der Waals surface area contributed by atoms with Crippen LogP contribution in [0, 0.1) is 0 Å². The molecule has 1 heterocycles. The van der Waals surface area contributed by atoms with Crippen molar-refractivity contribution in [3.8, 4) is 0 Å². The molecule has 0 spiro atoms. The Labute approximate surface area is 95.5 Å². The molecule has 3 N–H and O–H groups in total. The van der Waals surface area contributed by atoms with Gasteiger partial charge in [-0.2, -0.15) is 0 Å². The fourth-order valence-electron chi connectivity index (χ4n) is 2.46. The van der Waals surface area contributed by atoms with Gasteiger partial charge in [0, 0.05) is 6.54 Å². The Morgan fingerprint density at radius 3 is 2.81 bits per heavy atom. The van der Waals surface area contributed by atoms with Crippen LogP contribution in [0.15, 0.2) is 0 Å². The van der Waals surface area contributed by atoms with Gasteiger partial charge in [-0.15, -0.1) is 0 Å². The summed E-state index contributed by atoms with van der Waals surface area (Å²) in [4.78, 5) is 12.0. The van der Waals surface area contributed by atoms with Gasteiger partial charge in [0.1, 0.15) is 6.04 Å². The minimum absolute atomic E-state index is 0.0340. The fraction of sp³-hybridized carbons (Fsp3) is 0.909. The molecule has 1 aliphatic heterocycles. The van der Waals surface area contributed by atoms with Crippen LogP contribution >= 0.6 is 0 Å². The summed E-state index contributed by atoms with van der Waals surface area (Å²) in [5, 5.41) is 15.5. The molecule has 1 aliphatic carbocycles. The lowest BCUT2D eigenvalue weighted by Crippen LogP contribution is -2.58. The third-order valence-corrected chi connectivity index (χ3v) is 3.49. The van der Waals surface area contributed by atoms with E-state index in [1.807, 2.05) is 0 Å². The Hall–Kier alpha value is -0.650. The standard InChI is InChI=1S/C11H20N2O3/c14-8-11(3-1-2-4-11)13-10(15)9-7-16-6-5-12-9/h9,12,14H,1-8H2,(H,13,15). The van der Waals surface area contributed by atoms with Crippen molar-refractivity contribution in [3.05, 3.63) is 0 Å². The largest absolute Gasteiger partial charge is 0.394 e. The first-order valence-electron chi connectivity index (χ1n) is 6.00. The number of hydrogen-bond acceptors (Lipinski definition) is 4. The van der Waals surface area contributed by atoms with Crippen molar-refractivity contribution in [2.45, 2.75) is 37.3 Å². The molecule has 2 fully saturated rings. The maximum Gasteiger partial charge on any atom is 0.240 e. The van der Waals surface area contributed by atoms with E-state index in [1.165, 1.54) is 0 Å². The van der Waals surface area contributed by atoms with E-state index in [0.29, 0.717) is 19.8 Å². The maximum atomic E-state index is 12.0. The topological polar surface area (TPSA) is 70.6 Å². The molecule has 0 aromatic heterocycles. The molecular weight excluding hydrogens is 208 g/mol. The molecule has 1 unspecified atom stereocenters.